The number of nitrogens with zero attached hydrogens (tertiary/aromatic N) is 2. The number of esters is 1. The van der Waals surface area contributed by atoms with Crippen LogP contribution in [0.1, 0.15) is 23.2 Å². The highest BCUT2D eigenvalue weighted by Gasteiger charge is 2.36. The zero-order valence-corrected chi connectivity index (χ0v) is 16.7. The number of aryl methyl sites for hydroxylation is 2. The molecule has 0 aliphatic carbocycles. The molecule has 0 N–H and O–H groups in total. The summed E-state index contributed by atoms with van der Waals surface area (Å²) in [6.07, 6.45) is 0.116. The summed E-state index contributed by atoms with van der Waals surface area (Å²) in [5.41, 5.74) is 4.15. The van der Waals surface area contributed by atoms with Crippen molar-refractivity contribution in [2.75, 3.05) is 11.4 Å². The predicted octanol–water partition coefficient (Wildman–Crippen LogP) is 4.19. The molecule has 0 radical (unpaired) electrons. The van der Waals surface area contributed by atoms with E-state index < -0.39 is 11.9 Å². The van der Waals surface area contributed by atoms with Gasteiger partial charge in [-0.2, -0.15) is 0 Å². The maximum atomic E-state index is 13.0. The highest BCUT2D eigenvalue weighted by atomic mass is 19.1. The van der Waals surface area contributed by atoms with E-state index in [0.29, 0.717) is 23.6 Å². The van der Waals surface area contributed by atoms with Crippen LogP contribution in [0.2, 0.25) is 0 Å². The molecule has 1 unspecified atom stereocenters. The predicted molar refractivity (Wildman–Crippen MR) is 108 cm³/mol. The fraction of sp³-hybridized carbons (Fsp3) is 0.261. The van der Waals surface area contributed by atoms with Gasteiger partial charge in [-0.1, -0.05) is 11.2 Å². The van der Waals surface area contributed by atoms with Crippen molar-refractivity contribution in [2.24, 2.45) is 5.92 Å². The van der Waals surface area contributed by atoms with Gasteiger partial charge in [-0.05, 0) is 61.4 Å². The van der Waals surface area contributed by atoms with Gasteiger partial charge in [0.2, 0.25) is 5.91 Å². The first-order chi connectivity index (χ1) is 14.4. The number of ether oxygens (including phenoxy) is 1. The third-order valence-corrected chi connectivity index (χ3v) is 5.31. The first-order valence-electron chi connectivity index (χ1n) is 9.66. The highest BCUT2D eigenvalue weighted by molar-refractivity contribution is 5.99. The Hall–Kier alpha value is -3.48. The van der Waals surface area contributed by atoms with Crippen LogP contribution < -0.4 is 4.90 Å². The van der Waals surface area contributed by atoms with Crippen molar-refractivity contribution in [3.8, 4) is 11.3 Å². The summed E-state index contributed by atoms with van der Waals surface area (Å²) in [6, 6.07) is 13.3. The van der Waals surface area contributed by atoms with Crippen molar-refractivity contribution in [3.63, 3.8) is 0 Å². The van der Waals surface area contributed by atoms with Crippen LogP contribution in [0.25, 0.3) is 11.3 Å². The second-order valence-electron chi connectivity index (χ2n) is 7.47. The molecule has 1 amide bonds. The lowest BCUT2D eigenvalue weighted by Gasteiger charge is -2.17. The van der Waals surface area contributed by atoms with Crippen molar-refractivity contribution in [3.05, 3.63) is 71.2 Å². The molecule has 1 aromatic heterocycles. The maximum absolute atomic E-state index is 13.0. The topological polar surface area (TPSA) is 72.6 Å². The van der Waals surface area contributed by atoms with Gasteiger partial charge in [-0.25, -0.2) is 4.39 Å². The van der Waals surface area contributed by atoms with E-state index in [0.717, 1.165) is 16.8 Å². The Kier molecular flexibility index (Phi) is 5.35. The van der Waals surface area contributed by atoms with Gasteiger partial charge < -0.3 is 14.2 Å². The molecule has 3 aromatic rings. The molecule has 0 bridgehead atoms. The fourth-order valence-electron chi connectivity index (χ4n) is 3.40. The van der Waals surface area contributed by atoms with E-state index in [1.54, 1.807) is 23.1 Å². The van der Waals surface area contributed by atoms with Gasteiger partial charge in [0, 0.05) is 30.3 Å². The Morgan fingerprint density at radius 3 is 2.67 bits per heavy atom. The van der Waals surface area contributed by atoms with Crippen LogP contribution in [-0.4, -0.2) is 23.6 Å². The number of hydrogen-bond donors (Lipinski definition) is 0. The molecule has 0 saturated carbocycles. The van der Waals surface area contributed by atoms with Gasteiger partial charge >= 0.3 is 5.97 Å². The van der Waals surface area contributed by atoms with Crippen LogP contribution in [0.5, 0.6) is 0 Å². The van der Waals surface area contributed by atoms with Crippen molar-refractivity contribution >= 4 is 17.6 Å². The van der Waals surface area contributed by atoms with Crippen LogP contribution in [0.3, 0.4) is 0 Å². The summed E-state index contributed by atoms with van der Waals surface area (Å²) in [5.74, 6) is -0.949. The Labute approximate surface area is 173 Å². The number of aromatic nitrogens is 1. The second kappa shape index (κ2) is 8.10. The third kappa shape index (κ3) is 4.10. The van der Waals surface area contributed by atoms with Crippen LogP contribution in [-0.2, 0) is 20.9 Å². The average Bonchev–Trinajstić information content (AvgIpc) is 3.36. The lowest BCUT2D eigenvalue weighted by atomic mass is 10.1. The SMILES string of the molecule is Cc1ccc(N2CC(C(=O)OCc3cc(-c4ccc(F)cc4)on3)CC2=O)cc1C. The zero-order valence-electron chi connectivity index (χ0n) is 16.7. The molecule has 6 nitrogen and oxygen atoms in total. The smallest absolute Gasteiger partial charge is 0.311 e. The van der Waals surface area contributed by atoms with Crippen molar-refractivity contribution in [2.45, 2.75) is 26.9 Å². The van der Waals surface area contributed by atoms with Crippen LogP contribution in [0, 0.1) is 25.6 Å². The Balaban J connectivity index is 1.36. The van der Waals surface area contributed by atoms with Gasteiger partial charge in [0.25, 0.3) is 0 Å². The minimum atomic E-state index is -0.525. The van der Waals surface area contributed by atoms with E-state index >= 15 is 0 Å². The fourth-order valence-corrected chi connectivity index (χ4v) is 3.40. The number of benzene rings is 2. The largest absolute Gasteiger partial charge is 0.459 e. The Morgan fingerprint density at radius 1 is 1.17 bits per heavy atom. The number of rotatable bonds is 5. The summed E-state index contributed by atoms with van der Waals surface area (Å²) < 4.78 is 23.6. The Morgan fingerprint density at radius 2 is 1.93 bits per heavy atom. The minimum Gasteiger partial charge on any atom is -0.459 e. The third-order valence-electron chi connectivity index (χ3n) is 5.31. The first kappa shape index (κ1) is 19.8. The molecule has 1 saturated heterocycles. The standard InChI is InChI=1S/C23H21FN2O4/c1-14-3-8-20(9-15(14)2)26-12-17(10-22(26)27)23(28)29-13-19-11-21(30-25-19)16-4-6-18(24)7-5-16/h3-9,11,17H,10,12-13H2,1-2H3. The average molecular weight is 408 g/mol. The molecule has 1 aliphatic heterocycles. The molecule has 1 atom stereocenters. The summed E-state index contributed by atoms with van der Waals surface area (Å²) in [6.45, 7) is 4.23. The van der Waals surface area contributed by atoms with E-state index in [1.807, 2.05) is 32.0 Å². The minimum absolute atomic E-state index is 0.0577. The maximum Gasteiger partial charge on any atom is 0.311 e. The molecular weight excluding hydrogens is 387 g/mol. The van der Waals surface area contributed by atoms with Crippen LogP contribution >= 0.6 is 0 Å². The van der Waals surface area contributed by atoms with E-state index in [4.69, 9.17) is 9.26 Å². The summed E-state index contributed by atoms with van der Waals surface area (Å²) in [5, 5.41) is 3.89. The second-order valence-corrected chi connectivity index (χ2v) is 7.47. The van der Waals surface area contributed by atoms with Gasteiger partial charge in [0.05, 0.1) is 5.92 Å². The number of anilines is 1. The molecule has 1 fully saturated rings. The molecule has 2 aromatic carbocycles. The van der Waals surface area contributed by atoms with Gasteiger partial charge in [-0.3, -0.25) is 9.59 Å². The zero-order chi connectivity index (χ0) is 21.3. The van der Waals surface area contributed by atoms with Gasteiger partial charge in [0.15, 0.2) is 5.76 Å². The van der Waals surface area contributed by atoms with Crippen LogP contribution in [0.4, 0.5) is 10.1 Å². The lowest BCUT2D eigenvalue weighted by Crippen LogP contribution is -2.26. The molecule has 30 heavy (non-hydrogen) atoms. The monoisotopic (exact) mass is 408 g/mol. The molecule has 0 spiro atoms. The summed E-state index contributed by atoms with van der Waals surface area (Å²) in [4.78, 5) is 26.5. The molecule has 7 heteroatoms. The molecule has 4 rings (SSSR count). The van der Waals surface area contributed by atoms with E-state index in [1.165, 1.54) is 12.1 Å². The summed E-state index contributed by atoms with van der Waals surface area (Å²) >= 11 is 0. The van der Waals surface area contributed by atoms with Crippen LogP contribution in [0.15, 0.2) is 53.1 Å². The molecule has 154 valence electrons. The van der Waals surface area contributed by atoms with Gasteiger partial charge in [0.1, 0.15) is 18.1 Å². The Bertz CT molecular complexity index is 1090. The number of carbonyl (C=O) groups is 2. The number of hydrogen-bond acceptors (Lipinski definition) is 5. The van der Waals surface area contributed by atoms with Crippen molar-refractivity contribution < 1.29 is 23.2 Å². The van der Waals surface area contributed by atoms with Crippen molar-refractivity contribution in [1.82, 2.24) is 5.16 Å². The lowest BCUT2D eigenvalue weighted by molar-refractivity contribution is -0.149. The molecule has 2 heterocycles. The molecular formula is C23H21FN2O4. The number of halogens is 1. The van der Waals surface area contributed by atoms with E-state index in [9.17, 15) is 14.0 Å². The first-order valence-corrected chi connectivity index (χ1v) is 9.66. The van der Waals surface area contributed by atoms with Gasteiger partial charge in [-0.15, -0.1) is 0 Å². The number of amides is 1. The molecule has 1 aliphatic rings. The quantitative estimate of drug-likeness (QED) is 0.592. The van der Waals surface area contributed by atoms with E-state index in [2.05, 4.69) is 5.16 Å². The number of carbonyl (C=O) groups excluding carboxylic acids is 2. The summed E-state index contributed by atoms with van der Waals surface area (Å²) in [7, 11) is 0. The highest BCUT2D eigenvalue weighted by Crippen LogP contribution is 2.28. The normalized spacial score (nSPS) is 16.2. The van der Waals surface area contributed by atoms with Crippen molar-refractivity contribution in [1.29, 1.82) is 0 Å². The van der Waals surface area contributed by atoms with E-state index in [-0.39, 0.29) is 24.8 Å².